The average molecular weight is 558 g/mol. The van der Waals surface area contributed by atoms with Gasteiger partial charge in [0, 0.05) is 51.7 Å². The number of amides is 2. The van der Waals surface area contributed by atoms with Crippen molar-refractivity contribution in [1.82, 2.24) is 10.2 Å². The molecule has 2 amide bonds. The number of thioether (sulfide) groups is 1. The molecule has 0 saturated carbocycles. The van der Waals surface area contributed by atoms with E-state index in [9.17, 15) is 9.59 Å². The van der Waals surface area contributed by atoms with Gasteiger partial charge in [-0.05, 0) is 50.1 Å². The number of carbonyl (C=O) groups is 2. The Labute approximate surface area is 234 Å². The summed E-state index contributed by atoms with van der Waals surface area (Å²) in [6, 6.07) is 22.6. The van der Waals surface area contributed by atoms with Crippen LogP contribution < -0.4 is 5.32 Å². The van der Waals surface area contributed by atoms with Crippen LogP contribution in [0.15, 0.2) is 77.7 Å². The topological polar surface area (TPSA) is 49.4 Å². The molecule has 0 fully saturated rings. The van der Waals surface area contributed by atoms with Gasteiger partial charge in [0.2, 0.25) is 11.8 Å². The molecule has 0 aliphatic carbocycles. The molecule has 0 saturated heterocycles. The van der Waals surface area contributed by atoms with Crippen LogP contribution in [0.5, 0.6) is 0 Å². The van der Waals surface area contributed by atoms with E-state index in [1.165, 1.54) is 5.56 Å². The Morgan fingerprint density at radius 2 is 1.59 bits per heavy atom. The SMILES string of the molecule is CCC(C)NC(=O)C(Cc1ccccc1)N(Cc1c(Cl)cccc1Cl)C(=O)CCSc1ccc(C)cc1. The Bertz CT molecular complexity index is 1150. The molecular weight excluding hydrogens is 523 g/mol. The summed E-state index contributed by atoms with van der Waals surface area (Å²) in [7, 11) is 0. The number of rotatable bonds is 12. The zero-order valence-electron chi connectivity index (χ0n) is 21.5. The highest BCUT2D eigenvalue weighted by atomic mass is 35.5. The smallest absolute Gasteiger partial charge is 0.243 e. The van der Waals surface area contributed by atoms with E-state index in [0.717, 1.165) is 16.9 Å². The molecule has 4 nitrogen and oxygen atoms in total. The highest BCUT2D eigenvalue weighted by molar-refractivity contribution is 7.99. The molecule has 1 N–H and O–H groups in total. The average Bonchev–Trinajstić information content (AvgIpc) is 2.89. The molecule has 0 aromatic heterocycles. The van der Waals surface area contributed by atoms with Gasteiger partial charge in [-0.2, -0.15) is 0 Å². The zero-order chi connectivity index (χ0) is 26.8. The molecule has 3 aromatic rings. The second-order valence-electron chi connectivity index (χ2n) is 9.16. The summed E-state index contributed by atoms with van der Waals surface area (Å²) in [6.45, 7) is 6.18. The zero-order valence-corrected chi connectivity index (χ0v) is 23.9. The van der Waals surface area contributed by atoms with Crippen molar-refractivity contribution in [2.75, 3.05) is 5.75 Å². The minimum absolute atomic E-state index is 0.0104. The van der Waals surface area contributed by atoms with Gasteiger partial charge >= 0.3 is 0 Å². The number of hydrogen-bond acceptors (Lipinski definition) is 3. The lowest BCUT2D eigenvalue weighted by Gasteiger charge is -2.33. The van der Waals surface area contributed by atoms with Gasteiger partial charge in [-0.25, -0.2) is 0 Å². The number of nitrogens with zero attached hydrogens (tertiary/aromatic N) is 1. The van der Waals surface area contributed by atoms with E-state index >= 15 is 0 Å². The molecule has 0 radical (unpaired) electrons. The van der Waals surface area contributed by atoms with Gasteiger partial charge in [-0.15, -0.1) is 11.8 Å². The van der Waals surface area contributed by atoms with Crippen LogP contribution in [0.25, 0.3) is 0 Å². The summed E-state index contributed by atoms with van der Waals surface area (Å²) < 4.78 is 0. The lowest BCUT2D eigenvalue weighted by molar-refractivity contribution is -0.141. The van der Waals surface area contributed by atoms with Crippen molar-refractivity contribution in [2.45, 2.75) is 63.6 Å². The normalized spacial score (nSPS) is 12.6. The van der Waals surface area contributed by atoms with E-state index < -0.39 is 6.04 Å². The maximum absolute atomic E-state index is 13.8. The molecule has 0 aliphatic heterocycles. The third-order valence-corrected chi connectivity index (χ3v) is 7.99. The van der Waals surface area contributed by atoms with Gasteiger partial charge in [0.25, 0.3) is 0 Å². The first-order chi connectivity index (χ1) is 17.8. The number of hydrogen-bond donors (Lipinski definition) is 1. The fraction of sp³-hybridized carbons (Fsp3) is 0.333. The summed E-state index contributed by atoms with van der Waals surface area (Å²) >= 11 is 14.6. The van der Waals surface area contributed by atoms with E-state index in [4.69, 9.17) is 23.2 Å². The van der Waals surface area contributed by atoms with Crippen LogP contribution in [0, 0.1) is 6.92 Å². The highest BCUT2D eigenvalue weighted by Crippen LogP contribution is 2.28. The second-order valence-corrected chi connectivity index (χ2v) is 11.1. The molecule has 3 rings (SSSR count). The van der Waals surface area contributed by atoms with Crippen molar-refractivity contribution in [3.63, 3.8) is 0 Å². The van der Waals surface area contributed by atoms with Gasteiger partial charge in [0.15, 0.2) is 0 Å². The molecule has 196 valence electrons. The molecule has 2 unspecified atom stereocenters. The second kappa shape index (κ2) is 14.5. The van der Waals surface area contributed by atoms with Crippen molar-refractivity contribution in [3.05, 3.63) is 99.5 Å². The van der Waals surface area contributed by atoms with Crippen LogP contribution in [-0.4, -0.2) is 34.6 Å². The Hall–Kier alpha value is -2.47. The number of nitrogens with one attached hydrogen (secondary N) is 1. The maximum Gasteiger partial charge on any atom is 0.243 e. The van der Waals surface area contributed by atoms with Gasteiger partial charge in [0.05, 0.1) is 0 Å². The predicted molar refractivity (Wildman–Crippen MR) is 155 cm³/mol. The van der Waals surface area contributed by atoms with Gasteiger partial charge < -0.3 is 10.2 Å². The Balaban J connectivity index is 1.90. The molecule has 0 heterocycles. The third kappa shape index (κ3) is 8.80. The lowest BCUT2D eigenvalue weighted by Crippen LogP contribution is -2.52. The fourth-order valence-electron chi connectivity index (χ4n) is 3.88. The van der Waals surface area contributed by atoms with Crippen LogP contribution in [0.1, 0.15) is 43.4 Å². The number of aryl methyl sites for hydroxylation is 1. The Kier molecular flexibility index (Phi) is 11.4. The first-order valence-electron chi connectivity index (χ1n) is 12.5. The van der Waals surface area contributed by atoms with Crippen molar-refractivity contribution in [1.29, 1.82) is 0 Å². The standard InChI is InChI=1S/C30H34Cl2N2O2S/c1-4-22(3)33-30(36)28(19-23-9-6-5-7-10-23)34(20-25-26(31)11-8-12-27(25)32)29(35)17-18-37-24-15-13-21(2)14-16-24/h5-16,22,28H,4,17-20H2,1-3H3,(H,33,36). The van der Waals surface area contributed by atoms with Crippen LogP contribution in [0.3, 0.4) is 0 Å². The predicted octanol–water partition coefficient (Wildman–Crippen LogP) is 7.34. The summed E-state index contributed by atoms with van der Waals surface area (Å²) in [5.74, 6) is 0.302. The molecule has 3 aromatic carbocycles. The lowest BCUT2D eigenvalue weighted by atomic mass is 10.0. The summed E-state index contributed by atoms with van der Waals surface area (Å²) in [5, 5.41) is 4.03. The van der Waals surface area contributed by atoms with Crippen LogP contribution in [0.2, 0.25) is 10.0 Å². The third-order valence-electron chi connectivity index (χ3n) is 6.27. The quantitative estimate of drug-likeness (QED) is 0.237. The van der Waals surface area contributed by atoms with Crippen molar-refractivity contribution < 1.29 is 9.59 Å². The van der Waals surface area contributed by atoms with Crippen LogP contribution in [0.4, 0.5) is 0 Å². The Morgan fingerprint density at radius 1 is 0.946 bits per heavy atom. The van der Waals surface area contributed by atoms with E-state index in [2.05, 4.69) is 29.6 Å². The number of halogens is 2. The summed E-state index contributed by atoms with van der Waals surface area (Å²) in [5.41, 5.74) is 2.81. The molecule has 37 heavy (non-hydrogen) atoms. The van der Waals surface area contributed by atoms with E-state index in [0.29, 0.717) is 27.8 Å². The van der Waals surface area contributed by atoms with E-state index in [1.807, 2.05) is 51.1 Å². The van der Waals surface area contributed by atoms with Crippen molar-refractivity contribution in [2.24, 2.45) is 0 Å². The summed E-state index contributed by atoms with van der Waals surface area (Å²) in [4.78, 5) is 30.1. The first kappa shape index (κ1) is 29.1. The molecule has 0 aliphatic rings. The van der Waals surface area contributed by atoms with E-state index in [1.54, 1.807) is 34.9 Å². The molecule has 0 spiro atoms. The number of carbonyl (C=O) groups excluding carboxylic acids is 2. The van der Waals surface area contributed by atoms with Gasteiger partial charge in [0.1, 0.15) is 6.04 Å². The molecular formula is C30H34Cl2N2O2S. The maximum atomic E-state index is 13.8. The van der Waals surface area contributed by atoms with Crippen LogP contribution >= 0.6 is 35.0 Å². The van der Waals surface area contributed by atoms with Crippen LogP contribution in [-0.2, 0) is 22.6 Å². The van der Waals surface area contributed by atoms with Crippen molar-refractivity contribution >= 4 is 46.8 Å². The highest BCUT2D eigenvalue weighted by Gasteiger charge is 2.31. The minimum atomic E-state index is -0.708. The monoisotopic (exact) mass is 556 g/mol. The fourth-order valence-corrected chi connectivity index (χ4v) is 5.24. The number of benzene rings is 3. The largest absolute Gasteiger partial charge is 0.352 e. The molecule has 2 atom stereocenters. The Morgan fingerprint density at radius 3 is 2.22 bits per heavy atom. The van der Waals surface area contributed by atoms with Gasteiger partial charge in [-0.3, -0.25) is 9.59 Å². The van der Waals surface area contributed by atoms with Crippen molar-refractivity contribution in [3.8, 4) is 0 Å². The first-order valence-corrected chi connectivity index (χ1v) is 14.3. The molecule has 0 bridgehead atoms. The molecule has 7 heteroatoms. The van der Waals surface area contributed by atoms with Gasteiger partial charge in [-0.1, -0.05) is 84.2 Å². The minimum Gasteiger partial charge on any atom is -0.352 e. The van der Waals surface area contributed by atoms with E-state index in [-0.39, 0.29) is 30.8 Å². The summed E-state index contributed by atoms with van der Waals surface area (Å²) in [6.07, 6.45) is 1.46.